The molecule has 2 saturated carbocycles. The quantitative estimate of drug-likeness (QED) is 0.484. The smallest absolute Gasteiger partial charge is 0.0977 e. The van der Waals surface area contributed by atoms with Crippen molar-refractivity contribution in [2.75, 3.05) is 6.06 Å². The average Bonchev–Trinajstić information content (AvgIpc) is 2.58. The van der Waals surface area contributed by atoms with E-state index in [1.54, 1.807) is 5.30 Å². The van der Waals surface area contributed by atoms with Crippen molar-refractivity contribution in [3.8, 4) is 0 Å². The van der Waals surface area contributed by atoms with Crippen molar-refractivity contribution in [3.05, 3.63) is 30.3 Å². The van der Waals surface area contributed by atoms with E-state index in [4.69, 9.17) is 0 Å². The van der Waals surface area contributed by atoms with Crippen molar-refractivity contribution in [1.82, 2.24) is 0 Å². The van der Waals surface area contributed by atoms with Crippen LogP contribution in [0, 0.1) is 0 Å². The molecule has 2 aliphatic carbocycles. The molecule has 2 aliphatic rings. The molecule has 1 aromatic rings. The van der Waals surface area contributed by atoms with Gasteiger partial charge < -0.3 is 0 Å². The Morgan fingerprint density at radius 3 is 1.81 bits per heavy atom. The second kappa shape index (κ2) is 8.37. The van der Waals surface area contributed by atoms with Gasteiger partial charge in [0.05, 0.1) is 0 Å². The second-order valence-electron chi connectivity index (χ2n) is 7.21. The van der Waals surface area contributed by atoms with Gasteiger partial charge in [-0.05, 0) is 5.30 Å². The molecule has 0 aromatic heterocycles. The summed E-state index contributed by atoms with van der Waals surface area (Å²) in [5.74, 6) is 2.11. The molecular weight excluding hydrogens is 270 g/mol. The van der Waals surface area contributed by atoms with Gasteiger partial charge in [0.15, 0.2) is 6.71 Å². The Bertz CT molecular complexity index is 375. The number of hydrogen-bond donors (Lipinski definition) is 0. The number of hydrogen-bond acceptors (Lipinski definition) is 0. The molecule has 114 valence electrons. The summed E-state index contributed by atoms with van der Waals surface area (Å²) >= 11 is 0. The summed E-state index contributed by atoms with van der Waals surface area (Å²) < 4.78 is 0. The monoisotopic (exact) mass is 300 g/mol. The molecule has 0 bridgehead atoms. The van der Waals surface area contributed by atoms with Crippen LogP contribution in [0.25, 0.3) is 0 Å². The predicted molar refractivity (Wildman–Crippen MR) is 98.7 cm³/mol. The minimum atomic E-state index is 1.03. The Balaban J connectivity index is 1.62. The van der Waals surface area contributed by atoms with Crippen molar-refractivity contribution in [2.45, 2.75) is 75.8 Å². The van der Waals surface area contributed by atoms with E-state index in [-0.39, 0.29) is 0 Å². The van der Waals surface area contributed by atoms with Gasteiger partial charge in [-0.15, -0.1) is 0 Å². The maximum absolute atomic E-state index is 2.33. The molecule has 0 amide bonds. The molecule has 21 heavy (non-hydrogen) atoms. The van der Waals surface area contributed by atoms with E-state index >= 15 is 0 Å². The molecule has 2 heteroatoms. The minimum absolute atomic E-state index is 1.03. The Kier molecular flexibility index (Phi) is 6.22. The van der Waals surface area contributed by atoms with Crippen LogP contribution >= 0.6 is 8.58 Å². The summed E-state index contributed by atoms with van der Waals surface area (Å²) in [7, 11) is 1.03. The SMILES string of the molecule is c1ccc(PCB(C2CCCCC2)C2CCCCC2)cc1. The molecule has 1 unspecified atom stereocenters. The maximum Gasteiger partial charge on any atom is 0.150 e. The first kappa shape index (κ1) is 15.6. The molecule has 0 radical (unpaired) electrons. The van der Waals surface area contributed by atoms with E-state index in [2.05, 4.69) is 30.3 Å². The summed E-state index contributed by atoms with van der Waals surface area (Å²) in [5, 5.41) is 1.58. The molecule has 3 rings (SSSR count). The van der Waals surface area contributed by atoms with Crippen molar-refractivity contribution in [2.24, 2.45) is 0 Å². The van der Waals surface area contributed by atoms with Crippen LogP contribution in [-0.2, 0) is 0 Å². The van der Waals surface area contributed by atoms with Crippen LogP contribution in [0.15, 0.2) is 30.3 Å². The highest BCUT2D eigenvalue weighted by atomic mass is 31.1. The average molecular weight is 300 g/mol. The Labute approximate surface area is 133 Å². The summed E-state index contributed by atoms with van der Waals surface area (Å²) in [6, 6.07) is 12.7. The zero-order chi connectivity index (χ0) is 14.3. The van der Waals surface area contributed by atoms with E-state index < -0.39 is 0 Å². The van der Waals surface area contributed by atoms with Crippen molar-refractivity contribution in [3.63, 3.8) is 0 Å². The van der Waals surface area contributed by atoms with E-state index in [1.807, 2.05) is 0 Å². The Morgan fingerprint density at radius 2 is 1.29 bits per heavy atom. The van der Waals surface area contributed by atoms with Gasteiger partial charge in [0, 0.05) is 0 Å². The number of benzene rings is 1. The van der Waals surface area contributed by atoms with Crippen LogP contribution in [-0.4, -0.2) is 12.8 Å². The Morgan fingerprint density at radius 1 is 0.762 bits per heavy atom. The van der Waals surface area contributed by atoms with Crippen molar-refractivity contribution >= 4 is 20.6 Å². The third-order valence-corrected chi connectivity index (χ3v) is 7.24. The first-order chi connectivity index (χ1) is 10.4. The van der Waals surface area contributed by atoms with Crippen LogP contribution in [0.5, 0.6) is 0 Å². The highest BCUT2D eigenvalue weighted by Gasteiger charge is 2.33. The minimum Gasteiger partial charge on any atom is -0.0977 e. The maximum atomic E-state index is 2.33. The standard InChI is InChI=1S/C19H30BP/c1-4-10-17(11-5-1)20(18-12-6-2-7-13-18)16-21-19-14-8-3-9-15-19/h3,8-9,14-15,17-18,21H,1-2,4-7,10-13,16H2. The molecule has 1 aromatic carbocycles. The largest absolute Gasteiger partial charge is 0.150 e. The van der Waals surface area contributed by atoms with Gasteiger partial charge in [0.2, 0.25) is 0 Å². The van der Waals surface area contributed by atoms with Gasteiger partial charge in [-0.2, -0.15) is 0 Å². The fourth-order valence-electron chi connectivity index (χ4n) is 4.63. The predicted octanol–water partition coefficient (Wildman–Crippen LogP) is 5.69. The van der Waals surface area contributed by atoms with Crippen LogP contribution in [0.4, 0.5) is 0 Å². The van der Waals surface area contributed by atoms with E-state index in [1.165, 1.54) is 70.3 Å². The van der Waals surface area contributed by atoms with Crippen LogP contribution in [0.1, 0.15) is 64.2 Å². The number of rotatable bonds is 5. The van der Waals surface area contributed by atoms with Gasteiger partial charge in [-0.3, -0.25) is 0 Å². The van der Waals surface area contributed by atoms with Gasteiger partial charge in [-0.25, -0.2) is 0 Å². The topological polar surface area (TPSA) is 0 Å². The highest BCUT2D eigenvalue weighted by Crippen LogP contribution is 2.42. The van der Waals surface area contributed by atoms with E-state index in [0.29, 0.717) is 0 Å². The molecule has 2 fully saturated rings. The third-order valence-electron chi connectivity index (χ3n) is 5.83. The molecule has 0 nitrogen and oxygen atoms in total. The first-order valence-electron chi connectivity index (χ1n) is 9.22. The molecule has 0 N–H and O–H groups in total. The van der Waals surface area contributed by atoms with Crippen LogP contribution in [0.3, 0.4) is 0 Å². The fraction of sp³-hybridized carbons (Fsp3) is 0.684. The van der Waals surface area contributed by atoms with Crippen molar-refractivity contribution in [1.29, 1.82) is 0 Å². The lowest BCUT2D eigenvalue weighted by molar-refractivity contribution is 0.462. The van der Waals surface area contributed by atoms with Gasteiger partial charge in [0.25, 0.3) is 0 Å². The zero-order valence-corrected chi connectivity index (χ0v) is 14.4. The molecule has 0 saturated heterocycles. The first-order valence-corrected chi connectivity index (χ1v) is 10.4. The third kappa shape index (κ3) is 4.59. The van der Waals surface area contributed by atoms with Gasteiger partial charge in [-0.1, -0.05) is 121 Å². The van der Waals surface area contributed by atoms with Crippen LogP contribution < -0.4 is 5.30 Å². The van der Waals surface area contributed by atoms with Gasteiger partial charge >= 0.3 is 0 Å². The fourth-order valence-corrected chi connectivity index (χ4v) is 6.20. The Hall–Kier alpha value is -0.285. The molecule has 0 aliphatic heterocycles. The zero-order valence-electron chi connectivity index (χ0n) is 13.4. The highest BCUT2D eigenvalue weighted by molar-refractivity contribution is 7.49. The lowest BCUT2D eigenvalue weighted by atomic mass is 9.31. The molecule has 0 heterocycles. The van der Waals surface area contributed by atoms with E-state index in [0.717, 1.165) is 26.9 Å². The molecule has 1 atom stereocenters. The van der Waals surface area contributed by atoms with Crippen molar-refractivity contribution < 1.29 is 0 Å². The molecular formula is C19H30BP. The normalized spacial score (nSPS) is 21.9. The summed E-state index contributed by atoms with van der Waals surface area (Å²) in [4.78, 5) is 0. The lowest BCUT2D eigenvalue weighted by Crippen LogP contribution is -2.33. The van der Waals surface area contributed by atoms with Gasteiger partial charge in [0.1, 0.15) is 0 Å². The second-order valence-corrected chi connectivity index (χ2v) is 8.55. The lowest BCUT2D eigenvalue weighted by Gasteiger charge is -2.35. The summed E-state index contributed by atoms with van der Waals surface area (Å²) in [6.45, 7) is 1.03. The molecule has 0 spiro atoms. The van der Waals surface area contributed by atoms with E-state index in [9.17, 15) is 0 Å². The van der Waals surface area contributed by atoms with Crippen LogP contribution in [0.2, 0.25) is 11.6 Å². The summed E-state index contributed by atoms with van der Waals surface area (Å²) in [5.41, 5.74) is 0. The summed E-state index contributed by atoms with van der Waals surface area (Å²) in [6.07, 6.45) is 15.1.